The maximum Gasteiger partial charge on any atom is 0.223 e. The van der Waals surface area contributed by atoms with E-state index in [0.29, 0.717) is 0 Å². The van der Waals surface area contributed by atoms with Gasteiger partial charge in [-0.15, -0.1) is 0 Å². The monoisotopic (exact) mass is 241 g/mol. The lowest BCUT2D eigenvalue weighted by molar-refractivity contribution is -0.127. The highest BCUT2D eigenvalue weighted by atomic mass is 16.1. The summed E-state index contributed by atoms with van der Waals surface area (Å²) in [5.41, 5.74) is 0.0607. The van der Waals surface area contributed by atoms with E-state index in [2.05, 4.69) is 33.0 Å². The molecule has 0 saturated heterocycles. The summed E-state index contributed by atoms with van der Waals surface area (Å²) >= 11 is 0. The number of carbonyl (C=O) groups excluding carboxylic acids is 1. The Hall–Kier alpha value is -0.530. The van der Waals surface area contributed by atoms with Crippen LogP contribution in [0.25, 0.3) is 0 Å². The van der Waals surface area contributed by atoms with Crippen molar-refractivity contribution >= 4 is 5.91 Å². The van der Waals surface area contributed by atoms with Crippen molar-refractivity contribution in [2.75, 3.05) is 6.54 Å². The summed E-state index contributed by atoms with van der Waals surface area (Å²) in [5.74, 6) is 0.286. The molecule has 17 heavy (non-hydrogen) atoms. The van der Waals surface area contributed by atoms with E-state index >= 15 is 0 Å². The minimum absolute atomic E-state index is 0.0607. The Bertz CT molecular complexity index is 205. The average molecular weight is 241 g/mol. The van der Waals surface area contributed by atoms with E-state index in [1.54, 1.807) is 0 Å². The van der Waals surface area contributed by atoms with Crippen LogP contribution in [0.5, 0.6) is 0 Å². The number of unbranched alkanes of at least 4 members (excludes halogenated alkanes) is 5. The highest BCUT2D eigenvalue weighted by Gasteiger charge is 2.26. The molecule has 2 nitrogen and oxygen atoms in total. The van der Waals surface area contributed by atoms with Gasteiger partial charge in [-0.05, 0) is 11.8 Å². The summed E-state index contributed by atoms with van der Waals surface area (Å²) in [5, 5.41) is 3.04. The fourth-order valence-corrected chi connectivity index (χ4v) is 1.66. The Labute approximate surface area is 108 Å². The molecule has 0 aliphatic carbocycles. The van der Waals surface area contributed by atoms with Gasteiger partial charge in [0.15, 0.2) is 0 Å². The second-order valence-electron chi connectivity index (χ2n) is 6.15. The summed E-state index contributed by atoms with van der Waals surface area (Å²) in [7, 11) is 0. The van der Waals surface area contributed by atoms with Crippen LogP contribution in [0.4, 0.5) is 0 Å². The molecule has 0 saturated carbocycles. The van der Waals surface area contributed by atoms with E-state index in [-0.39, 0.29) is 17.2 Å². The Kier molecular flexibility index (Phi) is 8.28. The van der Waals surface area contributed by atoms with Gasteiger partial charge in [0.2, 0.25) is 5.91 Å². The van der Waals surface area contributed by atoms with Gasteiger partial charge in [0.25, 0.3) is 0 Å². The number of nitrogens with one attached hydrogen (secondary N) is 1. The molecule has 0 rings (SSSR count). The second-order valence-corrected chi connectivity index (χ2v) is 6.15. The molecule has 0 fully saturated rings. The van der Waals surface area contributed by atoms with Gasteiger partial charge in [-0.1, -0.05) is 66.7 Å². The Morgan fingerprint density at radius 3 is 2.12 bits per heavy atom. The largest absolute Gasteiger partial charge is 0.356 e. The molecule has 0 aromatic heterocycles. The van der Waals surface area contributed by atoms with Crippen molar-refractivity contribution in [2.24, 2.45) is 11.3 Å². The predicted octanol–water partition coefficient (Wildman–Crippen LogP) is 4.15. The van der Waals surface area contributed by atoms with Crippen LogP contribution in [0.15, 0.2) is 0 Å². The van der Waals surface area contributed by atoms with Crippen LogP contribution >= 0.6 is 0 Å². The topological polar surface area (TPSA) is 29.1 Å². The van der Waals surface area contributed by atoms with Crippen molar-refractivity contribution in [3.63, 3.8) is 0 Å². The molecular weight excluding hydrogens is 210 g/mol. The zero-order valence-corrected chi connectivity index (χ0v) is 12.4. The van der Waals surface area contributed by atoms with Gasteiger partial charge in [-0.2, -0.15) is 0 Å². The molecule has 1 N–H and O–H groups in total. The molecule has 0 heterocycles. The maximum absolute atomic E-state index is 11.8. The molecule has 102 valence electrons. The van der Waals surface area contributed by atoms with Crippen molar-refractivity contribution in [1.29, 1.82) is 0 Å². The van der Waals surface area contributed by atoms with Crippen molar-refractivity contribution in [3.8, 4) is 0 Å². The van der Waals surface area contributed by atoms with Gasteiger partial charge in [0, 0.05) is 12.5 Å². The Morgan fingerprint density at radius 2 is 1.59 bits per heavy atom. The van der Waals surface area contributed by atoms with Crippen LogP contribution in [-0.2, 0) is 4.79 Å². The molecule has 0 aromatic rings. The highest BCUT2D eigenvalue weighted by molar-refractivity contribution is 5.78. The molecule has 0 aliphatic heterocycles. The fraction of sp³-hybridized carbons (Fsp3) is 0.933. The minimum atomic E-state index is 0.0607. The smallest absolute Gasteiger partial charge is 0.223 e. The number of carbonyl (C=O) groups is 1. The van der Waals surface area contributed by atoms with Crippen LogP contribution in [0.3, 0.4) is 0 Å². The average Bonchev–Trinajstić information content (AvgIpc) is 2.25. The van der Waals surface area contributed by atoms with E-state index in [1.165, 1.54) is 32.1 Å². The summed E-state index contributed by atoms with van der Waals surface area (Å²) < 4.78 is 0. The summed E-state index contributed by atoms with van der Waals surface area (Å²) in [6.45, 7) is 11.4. The van der Waals surface area contributed by atoms with E-state index in [4.69, 9.17) is 0 Å². The number of hydrogen-bond acceptors (Lipinski definition) is 1. The van der Waals surface area contributed by atoms with Gasteiger partial charge in [-0.3, -0.25) is 4.79 Å². The normalized spacial score (nSPS) is 13.5. The molecule has 1 unspecified atom stereocenters. The molecule has 0 aromatic carbocycles. The lowest BCUT2D eigenvalue weighted by Gasteiger charge is -2.26. The van der Waals surface area contributed by atoms with Gasteiger partial charge in [0.05, 0.1) is 0 Å². The quantitative estimate of drug-likeness (QED) is 0.636. The third-order valence-corrected chi connectivity index (χ3v) is 3.52. The molecule has 2 heteroatoms. The van der Waals surface area contributed by atoms with Gasteiger partial charge < -0.3 is 5.32 Å². The van der Waals surface area contributed by atoms with Crippen molar-refractivity contribution in [2.45, 2.75) is 73.1 Å². The molecule has 0 radical (unpaired) electrons. The van der Waals surface area contributed by atoms with Crippen molar-refractivity contribution in [3.05, 3.63) is 0 Å². The molecule has 0 aliphatic rings. The van der Waals surface area contributed by atoms with Crippen LogP contribution in [0, 0.1) is 11.3 Å². The Morgan fingerprint density at radius 1 is 1.06 bits per heavy atom. The first-order valence-electron chi connectivity index (χ1n) is 7.17. The molecule has 0 spiro atoms. The molecule has 1 amide bonds. The van der Waals surface area contributed by atoms with E-state index in [0.717, 1.165) is 13.0 Å². The lowest BCUT2D eigenvalue weighted by Crippen LogP contribution is -2.36. The van der Waals surface area contributed by atoms with E-state index in [9.17, 15) is 4.79 Å². The third-order valence-electron chi connectivity index (χ3n) is 3.52. The number of hydrogen-bond donors (Lipinski definition) is 1. The SMILES string of the molecule is CCCCCCCCNC(=O)C(C)C(C)(C)C. The first kappa shape index (κ1) is 16.5. The zero-order valence-electron chi connectivity index (χ0n) is 12.4. The summed E-state index contributed by atoms with van der Waals surface area (Å²) in [6, 6.07) is 0. The molecule has 0 bridgehead atoms. The first-order valence-corrected chi connectivity index (χ1v) is 7.17. The Balaban J connectivity index is 3.52. The molecular formula is C15H31NO. The van der Waals surface area contributed by atoms with Gasteiger partial charge in [0.1, 0.15) is 0 Å². The lowest BCUT2D eigenvalue weighted by atomic mass is 9.81. The predicted molar refractivity (Wildman–Crippen MR) is 75.0 cm³/mol. The van der Waals surface area contributed by atoms with Gasteiger partial charge in [-0.25, -0.2) is 0 Å². The van der Waals surface area contributed by atoms with Crippen molar-refractivity contribution in [1.82, 2.24) is 5.32 Å². The highest BCUT2D eigenvalue weighted by Crippen LogP contribution is 2.25. The second kappa shape index (κ2) is 8.54. The molecule has 1 atom stereocenters. The zero-order chi connectivity index (χ0) is 13.3. The number of rotatable bonds is 8. The summed E-state index contributed by atoms with van der Waals surface area (Å²) in [4.78, 5) is 11.8. The van der Waals surface area contributed by atoms with Crippen LogP contribution in [0.2, 0.25) is 0 Å². The fourth-order valence-electron chi connectivity index (χ4n) is 1.66. The number of amides is 1. The van der Waals surface area contributed by atoms with Crippen LogP contribution < -0.4 is 5.32 Å². The van der Waals surface area contributed by atoms with E-state index in [1.807, 2.05) is 6.92 Å². The van der Waals surface area contributed by atoms with E-state index < -0.39 is 0 Å². The van der Waals surface area contributed by atoms with Gasteiger partial charge >= 0.3 is 0 Å². The third kappa shape index (κ3) is 8.23. The van der Waals surface area contributed by atoms with Crippen LogP contribution in [-0.4, -0.2) is 12.5 Å². The summed E-state index contributed by atoms with van der Waals surface area (Å²) in [6.07, 6.45) is 7.63. The maximum atomic E-state index is 11.8. The van der Waals surface area contributed by atoms with Crippen LogP contribution in [0.1, 0.15) is 73.1 Å². The standard InChI is InChI=1S/C15H31NO/c1-6-7-8-9-10-11-12-16-14(17)13(2)15(3,4)5/h13H,6-12H2,1-5H3,(H,16,17). The van der Waals surface area contributed by atoms with Crippen molar-refractivity contribution < 1.29 is 4.79 Å². The first-order chi connectivity index (χ1) is 7.89. The minimum Gasteiger partial charge on any atom is -0.356 e.